The molecule has 0 spiro atoms. The van der Waals surface area contributed by atoms with Gasteiger partial charge in [-0.15, -0.1) is 0 Å². The third-order valence-electron chi connectivity index (χ3n) is 6.45. The van der Waals surface area contributed by atoms with Gasteiger partial charge in [0.1, 0.15) is 0 Å². The molecular weight excluding hydrogens is 416 g/mol. The highest BCUT2D eigenvalue weighted by atomic mass is 15.3. The Bertz CT molecular complexity index is 1470. The Balaban J connectivity index is 1.58. The van der Waals surface area contributed by atoms with Gasteiger partial charge in [-0.1, -0.05) is 77.9 Å². The minimum absolute atomic E-state index is 0.0695. The van der Waals surface area contributed by atoms with Crippen molar-refractivity contribution >= 4 is 10.8 Å². The van der Waals surface area contributed by atoms with Gasteiger partial charge in [-0.05, 0) is 68.1 Å². The molecule has 0 amide bonds. The van der Waals surface area contributed by atoms with E-state index in [0.717, 1.165) is 11.4 Å². The molecule has 3 aromatic carbocycles. The Morgan fingerprint density at radius 2 is 1.21 bits per heavy atom. The lowest BCUT2D eigenvalue weighted by molar-refractivity contribution is 0.589. The number of hydrogen-bond acceptors (Lipinski definition) is 2. The highest BCUT2D eigenvalue weighted by Gasteiger charge is 2.17. The minimum Gasteiger partial charge on any atom is -0.241 e. The summed E-state index contributed by atoms with van der Waals surface area (Å²) in [5, 5.41) is 11.7. The molecule has 4 heteroatoms. The normalized spacial score (nSPS) is 12.4. The summed E-state index contributed by atoms with van der Waals surface area (Å²) in [7, 11) is 0. The van der Waals surface area contributed by atoms with Crippen LogP contribution >= 0.6 is 0 Å². The quantitative estimate of drug-likeness (QED) is 0.287. The van der Waals surface area contributed by atoms with E-state index in [2.05, 4.69) is 125 Å². The molecule has 5 aromatic rings. The molecule has 0 aliphatic rings. The van der Waals surface area contributed by atoms with Crippen LogP contribution < -0.4 is 0 Å². The van der Waals surface area contributed by atoms with Crippen LogP contribution in [0.1, 0.15) is 52.7 Å². The number of rotatable bonds is 3. The molecule has 0 saturated carbocycles. The van der Waals surface area contributed by atoms with Gasteiger partial charge in [-0.2, -0.15) is 10.2 Å². The summed E-state index contributed by atoms with van der Waals surface area (Å²) < 4.78 is 3.95. The van der Waals surface area contributed by atoms with Gasteiger partial charge in [-0.25, -0.2) is 9.36 Å². The third-order valence-corrected chi connectivity index (χ3v) is 6.45. The zero-order valence-electron chi connectivity index (χ0n) is 20.9. The van der Waals surface area contributed by atoms with Crippen molar-refractivity contribution in [3.8, 4) is 22.5 Å². The van der Waals surface area contributed by atoms with E-state index in [1.807, 2.05) is 21.8 Å². The van der Waals surface area contributed by atoms with E-state index in [-0.39, 0.29) is 10.8 Å². The van der Waals surface area contributed by atoms with E-state index < -0.39 is 0 Å². The summed E-state index contributed by atoms with van der Waals surface area (Å²) in [5.74, 6) is 0. The topological polar surface area (TPSA) is 35.6 Å². The van der Waals surface area contributed by atoms with Gasteiger partial charge in [0.05, 0.1) is 23.8 Å². The molecule has 2 aromatic heterocycles. The van der Waals surface area contributed by atoms with Gasteiger partial charge < -0.3 is 0 Å². The first kappa shape index (κ1) is 22.1. The van der Waals surface area contributed by atoms with Crippen LogP contribution in [-0.2, 0) is 10.8 Å². The van der Waals surface area contributed by atoms with Crippen LogP contribution in [0.4, 0.5) is 0 Å². The van der Waals surface area contributed by atoms with Crippen LogP contribution in [0.5, 0.6) is 0 Å². The maximum atomic E-state index is 4.64. The maximum absolute atomic E-state index is 4.64. The molecule has 0 fully saturated rings. The lowest BCUT2D eigenvalue weighted by Crippen LogP contribution is -2.09. The molecule has 172 valence electrons. The van der Waals surface area contributed by atoms with E-state index in [0.29, 0.717) is 0 Å². The van der Waals surface area contributed by atoms with Crippen LogP contribution in [0, 0.1) is 0 Å². The van der Waals surface area contributed by atoms with E-state index in [9.17, 15) is 0 Å². The second-order valence-electron chi connectivity index (χ2n) is 11.1. The molecular formula is C30H32N4. The van der Waals surface area contributed by atoms with Crippen LogP contribution in [0.25, 0.3) is 33.3 Å². The standard InChI is InChI=1S/C30H32N4/c1-29(2,3)23-17-31-33(19-23)25-11-7-10-22(15-25)27-12-8-9-21-13-14-26(16-28(21)27)34-20-24(18-32-34)30(4,5)6/h7-20H,1-6H3. The molecule has 0 N–H and O–H groups in total. The van der Waals surface area contributed by atoms with Crippen LogP contribution in [0.15, 0.2) is 85.5 Å². The zero-order chi connectivity index (χ0) is 24.1. The van der Waals surface area contributed by atoms with Crippen molar-refractivity contribution in [1.29, 1.82) is 0 Å². The molecule has 0 bridgehead atoms. The summed E-state index contributed by atoms with van der Waals surface area (Å²) in [4.78, 5) is 0. The average Bonchev–Trinajstić information content (AvgIpc) is 3.48. The summed E-state index contributed by atoms with van der Waals surface area (Å²) in [6.07, 6.45) is 8.20. The number of hydrogen-bond donors (Lipinski definition) is 0. The lowest BCUT2D eigenvalue weighted by Gasteiger charge is -2.15. The highest BCUT2D eigenvalue weighted by Crippen LogP contribution is 2.32. The van der Waals surface area contributed by atoms with E-state index in [1.165, 1.54) is 33.0 Å². The first-order chi connectivity index (χ1) is 16.1. The molecule has 5 rings (SSSR count). The van der Waals surface area contributed by atoms with Crippen molar-refractivity contribution in [1.82, 2.24) is 19.6 Å². The first-order valence-electron chi connectivity index (χ1n) is 11.8. The van der Waals surface area contributed by atoms with Gasteiger partial charge in [0.15, 0.2) is 0 Å². The van der Waals surface area contributed by atoms with E-state index in [1.54, 1.807) is 0 Å². The second kappa shape index (κ2) is 7.98. The van der Waals surface area contributed by atoms with E-state index in [4.69, 9.17) is 0 Å². The van der Waals surface area contributed by atoms with Crippen molar-refractivity contribution in [2.24, 2.45) is 0 Å². The molecule has 0 atom stereocenters. The SMILES string of the molecule is CC(C)(C)c1cnn(-c2cccc(-c3cccc4ccc(-n5cc(C(C)(C)C)cn5)cc34)c2)c1. The second-order valence-corrected chi connectivity index (χ2v) is 11.1. The van der Waals surface area contributed by atoms with Gasteiger partial charge in [0.2, 0.25) is 0 Å². The summed E-state index contributed by atoms with van der Waals surface area (Å²) in [6.45, 7) is 13.3. The summed E-state index contributed by atoms with van der Waals surface area (Å²) >= 11 is 0. The highest BCUT2D eigenvalue weighted by molar-refractivity contribution is 5.98. The third kappa shape index (κ3) is 4.16. The molecule has 0 radical (unpaired) electrons. The molecule has 0 saturated heterocycles. The molecule has 0 unspecified atom stereocenters. The number of fused-ring (bicyclic) bond motifs is 1. The Kier molecular flexibility index (Phi) is 5.20. The Morgan fingerprint density at radius 3 is 1.79 bits per heavy atom. The fourth-order valence-electron chi connectivity index (χ4n) is 4.17. The number of benzene rings is 3. The average molecular weight is 449 g/mol. The van der Waals surface area contributed by atoms with E-state index >= 15 is 0 Å². The Labute approximate surface area is 201 Å². The van der Waals surface area contributed by atoms with Gasteiger partial charge in [-0.3, -0.25) is 0 Å². The molecule has 4 nitrogen and oxygen atoms in total. The van der Waals surface area contributed by atoms with Crippen molar-refractivity contribution in [3.63, 3.8) is 0 Å². The Hall–Kier alpha value is -3.66. The van der Waals surface area contributed by atoms with Crippen molar-refractivity contribution in [3.05, 3.63) is 96.6 Å². The smallest absolute Gasteiger partial charge is 0.0652 e. The largest absolute Gasteiger partial charge is 0.241 e. The zero-order valence-corrected chi connectivity index (χ0v) is 20.9. The molecule has 0 aliphatic heterocycles. The maximum Gasteiger partial charge on any atom is 0.0652 e. The fraction of sp³-hybridized carbons (Fsp3) is 0.267. The van der Waals surface area contributed by atoms with Crippen LogP contribution in [0.3, 0.4) is 0 Å². The molecule has 34 heavy (non-hydrogen) atoms. The van der Waals surface area contributed by atoms with Crippen molar-refractivity contribution in [2.75, 3.05) is 0 Å². The monoisotopic (exact) mass is 448 g/mol. The first-order valence-corrected chi connectivity index (χ1v) is 11.8. The van der Waals surface area contributed by atoms with Crippen LogP contribution in [-0.4, -0.2) is 19.6 Å². The fourth-order valence-corrected chi connectivity index (χ4v) is 4.17. The summed E-state index contributed by atoms with van der Waals surface area (Å²) in [6, 6.07) is 21.6. The van der Waals surface area contributed by atoms with Gasteiger partial charge in [0.25, 0.3) is 0 Å². The predicted octanol–water partition coefficient (Wildman–Crippen LogP) is 7.47. The van der Waals surface area contributed by atoms with Gasteiger partial charge in [0, 0.05) is 12.4 Å². The van der Waals surface area contributed by atoms with Crippen molar-refractivity contribution < 1.29 is 0 Å². The molecule has 0 aliphatic carbocycles. The number of aromatic nitrogens is 4. The lowest BCUT2D eigenvalue weighted by atomic mass is 9.90. The Morgan fingerprint density at radius 1 is 0.618 bits per heavy atom. The van der Waals surface area contributed by atoms with Crippen LogP contribution in [0.2, 0.25) is 0 Å². The number of nitrogens with zero attached hydrogens (tertiary/aromatic N) is 4. The van der Waals surface area contributed by atoms with Gasteiger partial charge >= 0.3 is 0 Å². The summed E-state index contributed by atoms with van der Waals surface area (Å²) in [5.41, 5.74) is 7.08. The predicted molar refractivity (Wildman–Crippen MR) is 141 cm³/mol. The molecule has 2 heterocycles. The van der Waals surface area contributed by atoms with Crippen molar-refractivity contribution in [2.45, 2.75) is 52.4 Å². The minimum atomic E-state index is 0.0695.